The van der Waals surface area contributed by atoms with Gasteiger partial charge in [0.1, 0.15) is 5.58 Å². The molecule has 6 nitrogen and oxygen atoms in total. The second-order valence-electron chi connectivity index (χ2n) is 7.66. The van der Waals surface area contributed by atoms with Gasteiger partial charge in [0.05, 0.1) is 16.6 Å². The summed E-state index contributed by atoms with van der Waals surface area (Å²) in [4.78, 5) is 44.3. The zero-order valence-corrected chi connectivity index (χ0v) is 17.6. The summed E-state index contributed by atoms with van der Waals surface area (Å²) in [5, 5.41) is 0.610. The van der Waals surface area contributed by atoms with Crippen LogP contribution in [0.25, 0.3) is 11.0 Å². The molecule has 0 aliphatic carbocycles. The highest BCUT2D eigenvalue weighted by atomic mass is 35.5. The zero-order valence-electron chi connectivity index (χ0n) is 16.9. The van der Waals surface area contributed by atoms with Crippen LogP contribution in [0.3, 0.4) is 0 Å². The molecule has 1 aromatic heterocycles. The van der Waals surface area contributed by atoms with Crippen molar-refractivity contribution in [3.8, 4) is 0 Å². The number of rotatable bonds is 4. The van der Waals surface area contributed by atoms with Gasteiger partial charge in [0.15, 0.2) is 11.0 Å². The maximum atomic E-state index is 14.0. The van der Waals surface area contributed by atoms with E-state index in [4.69, 9.17) is 16.0 Å². The van der Waals surface area contributed by atoms with E-state index < -0.39 is 16.9 Å². The van der Waals surface area contributed by atoms with E-state index in [2.05, 4.69) is 6.58 Å². The predicted molar refractivity (Wildman–Crippen MR) is 119 cm³/mol. The fraction of sp³-hybridized carbons (Fsp3) is 0.208. The Kier molecular flexibility index (Phi) is 4.31. The summed E-state index contributed by atoms with van der Waals surface area (Å²) in [6.07, 6.45) is 2.23. The fourth-order valence-electron chi connectivity index (χ4n) is 4.80. The molecule has 0 saturated heterocycles. The van der Waals surface area contributed by atoms with E-state index in [0.29, 0.717) is 29.2 Å². The summed E-state index contributed by atoms with van der Waals surface area (Å²) < 4.78 is 5.93. The molecule has 5 rings (SSSR count). The molecule has 0 radical (unpaired) electrons. The lowest BCUT2D eigenvalue weighted by Gasteiger charge is -2.34. The Balaban J connectivity index is 1.94. The summed E-state index contributed by atoms with van der Waals surface area (Å²) in [6, 6.07) is 11.9. The van der Waals surface area contributed by atoms with Crippen molar-refractivity contribution in [1.29, 1.82) is 0 Å². The van der Waals surface area contributed by atoms with Crippen molar-refractivity contribution in [1.82, 2.24) is 4.90 Å². The first-order valence-electron chi connectivity index (χ1n) is 10.1. The molecule has 0 N–H and O–H groups in total. The average Bonchev–Trinajstić information content (AvgIpc) is 3.15. The van der Waals surface area contributed by atoms with Crippen LogP contribution in [0.1, 0.15) is 35.0 Å². The second-order valence-corrected chi connectivity index (χ2v) is 8.10. The van der Waals surface area contributed by atoms with Crippen LogP contribution in [0.5, 0.6) is 0 Å². The molecule has 31 heavy (non-hydrogen) atoms. The molecule has 1 spiro atoms. The van der Waals surface area contributed by atoms with Crippen molar-refractivity contribution >= 4 is 40.1 Å². The van der Waals surface area contributed by atoms with Crippen molar-refractivity contribution in [2.24, 2.45) is 0 Å². The summed E-state index contributed by atoms with van der Waals surface area (Å²) in [7, 11) is 0. The first-order valence-corrected chi connectivity index (χ1v) is 10.5. The van der Waals surface area contributed by atoms with E-state index in [1.807, 2.05) is 19.1 Å². The first-order chi connectivity index (χ1) is 15.0. The Bertz CT molecular complexity index is 1350. The minimum absolute atomic E-state index is 0.0599. The fourth-order valence-corrected chi connectivity index (χ4v) is 4.97. The van der Waals surface area contributed by atoms with E-state index in [9.17, 15) is 14.4 Å². The highest BCUT2D eigenvalue weighted by Crippen LogP contribution is 2.52. The van der Waals surface area contributed by atoms with Crippen LogP contribution >= 0.6 is 11.6 Å². The molecular weight excluding hydrogens is 416 g/mol. The Hall–Kier alpha value is -3.38. The standard InChI is InChI=1S/C24H19ClN2O4/c1-3-11-26-17-8-6-5-7-16(17)24(23(26)30)19-20(28)15-13-14(25)9-10-18(15)31-21(19)22(29)27(24)12-4-2/h3,5-10,13H,1,4,11-12H2,2H3. The third kappa shape index (κ3) is 2.36. The van der Waals surface area contributed by atoms with E-state index in [-0.39, 0.29) is 34.7 Å². The average molecular weight is 435 g/mol. The van der Waals surface area contributed by atoms with Gasteiger partial charge >= 0.3 is 0 Å². The van der Waals surface area contributed by atoms with E-state index in [0.717, 1.165) is 0 Å². The predicted octanol–water partition coefficient (Wildman–Crippen LogP) is 4.09. The van der Waals surface area contributed by atoms with Crippen molar-refractivity contribution in [3.05, 3.63) is 87.3 Å². The smallest absolute Gasteiger partial charge is 0.291 e. The summed E-state index contributed by atoms with van der Waals surface area (Å²) >= 11 is 6.13. The molecule has 0 saturated carbocycles. The molecule has 1 atom stereocenters. The molecule has 0 fully saturated rings. The van der Waals surface area contributed by atoms with Gasteiger partial charge in [-0.25, -0.2) is 0 Å². The normalized spacial score (nSPS) is 19.4. The Morgan fingerprint density at radius 2 is 1.94 bits per heavy atom. The molecule has 2 aliphatic heterocycles. The van der Waals surface area contributed by atoms with E-state index >= 15 is 0 Å². The Morgan fingerprint density at radius 1 is 1.16 bits per heavy atom. The molecule has 3 heterocycles. The highest BCUT2D eigenvalue weighted by molar-refractivity contribution is 6.31. The molecule has 2 aromatic carbocycles. The minimum atomic E-state index is -1.57. The molecular formula is C24H19ClN2O4. The molecule has 7 heteroatoms. The Labute approximate surface area is 183 Å². The molecule has 0 bridgehead atoms. The molecule has 1 unspecified atom stereocenters. The Morgan fingerprint density at radius 3 is 2.68 bits per heavy atom. The van der Waals surface area contributed by atoms with Crippen LogP contribution in [-0.2, 0) is 10.3 Å². The summed E-state index contributed by atoms with van der Waals surface area (Å²) in [5.41, 5.74) is -0.425. The number of carbonyl (C=O) groups is 2. The largest absolute Gasteiger partial charge is 0.450 e. The van der Waals surface area contributed by atoms with Crippen LogP contribution in [0.4, 0.5) is 5.69 Å². The molecule has 156 valence electrons. The number of carbonyl (C=O) groups excluding carboxylic acids is 2. The van der Waals surface area contributed by atoms with Crippen molar-refractivity contribution in [2.75, 3.05) is 18.0 Å². The van der Waals surface area contributed by atoms with Crippen LogP contribution in [0.15, 0.2) is 64.3 Å². The second kappa shape index (κ2) is 6.82. The first kappa shape index (κ1) is 19.6. The van der Waals surface area contributed by atoms with Crippen LogP contribution in [-0.4, -0.2) is 29.8 Å². The lowest BCUT2D eigenvalue weighted by Crippen LogP contribution is -2.53. The number of hydrogen-bond donors (Lipinski definition) is 0. The van der Waals surface area contributed by atoms with Gasteiger partial charge < -0.3 is 14.2 Å². The van der Waals surface area contributed by atoms with Gasteiger partial charge in [0.25, 0.3) is 11.8 Å². The van der Waals surface area contributed by atoms with Crippen molar-refractivity contribution in [3.63, 3.8) is 0 Å². The molecule has 3 aromatic rings. The van der Waals surface area contributed by atoms with Crippen LogP contribution in [0, 0.1) is 0 Å². The quantitative estimate of drug-likeness (QED) is 0.580. The number of amides is 2. The van der Waals surface area contributed by atoms with E-state index in [1.54, 1.807) is 35.2 Å². The maximum absolute atomic E-state index is 14.0. The number of halogens is 1. The number of anilines is 1. The van der Waals surface area contributed by atoms with Crippen LogP contribution in [0.2, 0.25) is 5.02 Å². The van der Waals surface area contributed by atoms with Gasteiger partial charge in [0.2, 0.25) is 5.76 Å². The van der Waals surface area contributed by atoms with Crippen LogP contribution < -0.4 is 10.3 Å². The van der Waals surface area contributed by atoms with Gasteiger partial charge in [-0.3, -0.25) is 14.4 Å². The van der Waals surface area contributed by atoms with Gasteiger partial charge in [-0.05, 0) is 30.7 Å². The van der Waals surface area contributed by atoms with Gasteiger partial charge in [0, 0.05) is 23.7 Å². The van der Waals surface area contributed by atoms with Gasteiger partial charge in [-0.2, -0.15) is 0 Å². The number of fused-ring (bicyclic) bond motifs is 5. The summed E-state index contributed by atoms with van der Waals surface area (Å²) in [6.45, 7) is 6.23. The number of nitrogens with zero attached hydrogens (tertiary/aromatic N) is 2. The summed E-state index contributed by atoms with van der Waals surface area (Å²) in [5.74, 6) is -0.908. The van der Waals surface area contributed by atoms with Gasteiger partial charge in [-0.15, -0.1) is 6.58 Å². The minimum Gasteiger partial charge on any atom is -0.450 e. The van der Waals surface area contributed by atoms with E-state index in [1.165, 1.54) is 11.0 Å². The van der Waals surface area contributed by atoms with Crippen molar-refractivity contribution in [2.45, 2.75) is 18.9 Å². The highest BCUT2D eigenvalue weighted by Gasteiger charge is 2.64. The maximum Gasteiger partial charge on any atom is 0.291 e. The number of hydrogen-bond acceptors (Lipinski definition) is 4. The molecule has 2 aliphatic rings. The van der Waals surface area contributed by atoms with Crippen molar-refractivity contribution < 1.29 is 14.0 Å². The SMILES string of the molecule is C=CCN1C(=O)C2(c3ccccc31)c1c(oc3ccc(Cl)cc3c1=O)C(=O)N2CCC. The lowest BCUT2D eigenvalue weighted by atomic mass is 9.84. The number of para-hydroxylation sites is 1. The third-order valence-corrected chi connectivity index (χ3v) is 6.19. The van der Waals surface area contributed by atoms with Gasteiger partial charge in [-0.1, -0.05) is 42.8 Å². The number of benzene rings is 2. The monoisotopic (exact) mass is 434 g/mol. The zero-order chi connectivity index (χ0) is 21.9. The molecule has 2 amide bonds. The lowest BCUT2D eigenvalue weighted by molar-refractivity contribution is -0.126. The topological polar surface area (TPSA) is 70.8 Å². The third-order valence-electron chi connectivity index (χ3n) is 5.96.